The van der Waals surface area contributed by atoms with Crippen LogP contribution in [0.25, 0.3) is 0 Å². The van der Waals surface area contributed by atoms with E-state index in [1.54, 1.807) is 0 Å². The third-order valence-corrected chi connectivity index (χ3v) is 1.19. The molecule has 0 heterocycles. The van der Waals surface area contributed by atoms with E-state index in [0.717, 1.165) is 0 Å². The fourth-order valence-corrected chi connectivity index (χ4v) is 0.433. The molecule has 0 nitrogen and oxygen atoms in total. The maximum Gasteiger partial charge on any atom is 0.105 e. The second-order valence-electron chi connectivity index (χ2n) is 3.12. The lowest BCUT2D eigenvalue weighted by molar-refractivity contribution is 0.164. The summed E-state index contributed by atoms with van der Waals surface area (Å²) in [6.45, 7) is 9.11. The normalized spacial score (nSPS) is 16.1. The molecule has 0 saturated carbocycles. The fraction of sp³-hybridized carbons (Fsp3) is 0.857. The molecule has 0 spiro atoms. The molecular formula is C7H14F. The highest BCUT2D eigenvalue weighted by Gasteiger charge is 2.21. The molecule has 8 heavy (non-hydrogen) atoms. The molecule has 1 atom stereocenters. The maximum atomic E-state index is 12.6. The molecule has 0 rings (SSSR count). The largest absolute Gasteiger partial charge is 0.247 e. The molecule has 0 fully saturated rings. The fourth-order valence-electron chi connectivity index (χ4n) is 0.433. The highest BCUT2D eigenvalue weighted by molar-refractivity contribution is 4.73. The summed E-state index contributed by atoms with van der Waals surface area (Å²) in [5.41, 5.74) is -0.220. The van der Waals surface area contributed by atoms with Gasteiger partial charge in [-0.15, -0.1) is 0 Å². The van der Waals surface area contributed by atoms with Gasteiger partial charge in [0.15, 0.2) is 0 Å². The maximum absolute atomic E-state index is 12.6. The van der Waals surface area contributed by atoms with Crippen LogP contribution in [-0.4, -0.2) is 6.17 Å². The van der Waals surface area contributed by atoms with Crippen molar-refractivity contribution in [2.45, 2.75) is 33.4 Å². The zero-order valence-electron chi connectivity index (χ0n) is 5.87. The molecule has 0 aliphatic heterocycles. The predicted octanol–water partition coefficient (Wildman–Crippen LogP) is 2.59. The third-order valence-electron chi connectivity index (χ3n) is 1.19. The van der Waals surface area contributed by atoms with Crippen molar-refractivity contribution in [3.05, 3.63) is 6.92 Å². The average molecular weight is 117 g/mol. The molecule has 0 saturated heterocycles. The Balaban J connectivity index is 3.62. The van der Waals surface area contributed by atoms with Crippen LogP contribution in [0, 0.1) is 12.3 Å². The van der Waals surface area contributed by atoms with E-state index in [0.29, 0.717) is 6.42 Å². The Bertz CT molecular complexity index is 61.3. The SMILES string of the molecule is [CH2]CC(F)C(C)(C)C. The van der Waals surface area contributed by atoms with Gasteiger partial charge in [-0.25, -0.2) is 4.39 Å². The molecule has 1 heteroatoms. The number of hydrogen-bond donors (Lipinski definition) is 0. The summed E-state index contributed by atoms with van der Waals surface area (Å²) >= 11 is 0. The second-order valence-corrected chi connectivity index (χ2v) is 3.12. The highest BCUT2D eigenvalue weighted by Crippen LogP contribution is 2.23. The van der Waals surface area contributed by atoms with E-state index in [1.165, 1.54) is 0 Å². The summed E-state index contributed by atoms with van der Waals surface area (Å²) < 4.78 is 12.6. The van der Waals surface area contributed by atoms with Crippen molar-refractivity contribution in [1.82, 2.24) is 0 Å². The minimum Gasteiger partial charge on any atom is -0.247 e. The zero-order chi connectivity index (χ0) is 6.78. The number of rotatable bonds is 1. The van der Waals surface area contributed by atoms with Crippen molar-refractivity contribution >= 4 is 0 Å². The Morgan fingerprint density at radius 2 is 1.88 bits per heavy atom. The Morgan fingerprint density at radius 1 is 1.50 bits per heavy atom. The lowest BCUT2D eigenvalue weighted by atomic mass is 9.89. The smallest absolute Gasteiger partial charge is 0.105 e. The van der Waals surface area contributed by atoms with Gasteiger partial charge in [0, 0.05) is 0 Å². The van der Waals surface area contributed by atoms with Crippen LogP contribution < -0.4 is 0 Å². The number of halogens is 1. The van der Waals surface area contributed by atoms with Crippen molar-refractivity contribution in [3.63, 3.8) is 0 Å². The first-order valence-corrected chi connectivity index (χ1v) is 2.92. The summed E-state index contributed by atoms with van der Waals surface area (Å²) in [5.74, 6) is 0. The monoisotopic (exact) mass is 117 g/mol. The molecular weight excluding hydrogens is 103 g/mol. The van der Waals surface area contributed by atoms with Crippen LogP contribution in [0.15, 0.2) is 0 Å². The van der Waals surface area contributed by atoms with Crippen molar-refractivity contribution in [3.8, 4) is 0 Å². The van der Waals surface area contributed by atoms with Gasteiger partial charge in [0.1, 0.15) is 6.17 Å². The van der Waals surface area contributed by atoms with Gasteiger partial charge in [-0.05, 0) is 11.8 Å². The van der Waals surface area contributed by atoms with E-state index in [1.807, 2.05) is 20.8 Å². The van der Waals surface area contributed by atoms with Gasteiger partial charge in [0.05, 0.1) is 0 Å². The Hall–Kier alpha value is -0.0700. The van der Waals surface area contributed by atoms with Crippen LogP contribution in [0.3, 0.4) is 0 Å². The minimum absolute atomic E-state index is 0.220. The van der Waals surface area contributed by atoms with E-state index in [9.17, 15) is 4.39 Å². The summed E-state index contributed by atoms with van der Waals surface area (Å²) in [4.78, 5) is 0. The summed E-state index contributed by atoms with van der Waals surface area (Å²) in [5, 5.41) is 0. The van der Waals surface area contributed by atoms with Gasteiger partial charge in [0.25, 0.3) is 0 Å². The molecule has 0 aliphatic rings. The molecule has 0 aromatic heterocycles. The van der Waals surface area contributed by atoms with Crippen LogP contribution in [0.5, 0.6) is 0 Å². The number of alkyl halides is 1. The van der Waals surface area contributed by atoms with Gasteiger partial charge in [-0.3, -0.25) is 0 Å². The third kappa shape index (κ3) is 2.29. The Morgan fingerprint density at radius 3 is 1.88 bits per heavy atom. The van der Waals surface area contributed by atoms with Gasteiger partial charge in [-0.1, -0.05) is 27.7 Å². The van der Waals surface area contributed by atoms with E-state index in [4.69, 9.17) is 0 Å². The van der Waals surface area contributed by atoms with Crippen molar-refractivity contribution in [2.24, 2.45) is 5.41 Å². The van der Waals surface area contributed by atoms with Crippen LogP contribution in [0.4, 0.5) is 4.39 Å². The standard InChI is InChI=1S/C7H14F/c1-5-6(8)7(2,3)4/h6H,1,5H2,2-4H3. The molecule has 0 amide bonds. The summed E-state index contributed by atoms with van der Waals surface area (Å²) in [6.07, 6.45) is -0.383. The number of hydrogen-bond acceptors (Lipinski definition) is 0. The van der Waals surface area contributed by atoms with Crippen molar-refractivity contribution in [1.29, 1.82) is 0 Å². The van der Waals surface area contributed by atoms with E-state index < -0.39 is 6.17 Å². The van der Waals surface area contributed by atoms with E-state index in [2.05, 4.69) is 6.92 Å². The van der Waals surface area contributed by atoms with Crippen LogP contribution in [-0.2, 0) is 0 Å². The van der Waals surface area contributed by atoms with Crippen molar-refractivity contribution < 1.29 is 4.39 Å². The van der Waals surface area contributed by atoms with Gasteiger partial charge in [0.2, 0.25) is 0 Å². The molecule has 1 radical (unpaired) electrons. The highest BCUT2D eigenvalue weighted by atomic mass is 19.1. The predicted molar refractivity (Wildman–Crippen MR) is 34.3 cm³/mol. The van der Waals surface area contributed by atoms with Crippen LogP contribution in [0.2, 0.25) is 0 Å². The quantitative estimate of drug-likeness (QED) is 0.495. The first-order valence-electron chi connectivity index (χ1n) is 2.92. The molecule has 0 aromatic rings. The van der Waals surface area contributed by atoms with Gasteiger partial charge >= 0.3 is 0 Å². The van der Waals surface area contributed by atoms with Gasteiger partial charge < -0.3 is 0 Å². The first kappa shape index (κ1) is 7.93. The molecule has 0 N–H and O–H groups in total. The molecule has 0 aromatic carbocycles. The Kier molecular flexibility index (Phi) is 2.45. The molecule has 0 aliphatic carbocycles. The van der Waals surface area contributed by atoms with E-state index in [-0.39, 0.29) is 5.41 Å². The zero-order valence-corrected chi connectivity index (χ0v) is 5.87. The topological polar surface area (TPSA) is 0 Å². The first-order chi connectivity index (χ1) is 3.48. The van der Waals surface area contributed by atoms with Crippen LogP contribution in [0.1, 0.15) is 27.2 Å². The van der Waals surface area contributed by atoms with Crippen LogP contribution >= 0.6 is 0 Å². The molecule has 49 valence electrons. The lowest BCUT2D eigenvalue weighted by Crippen LogP contribution is -2.20. The summed E-state index contributed by atoms with van der Waals surface area (Å²) in [7, 11) is 0. The molecule has 1 unspecified atom stereocenters. The van der Waals surface area contributed by atoms with Gasteiger partial charge in [-0.2, -0.15) is 0 Å². The Labute approximate surface area is 51.1 Å². The van der Waals surface area contributed by atoms with E-state index >= 15 is 0 Å². The molecule has 0 bridgehead atoms. The summed E-state index contributed by atoms with van der Waals surface area (Å²) in [6, 6.07) is 0. The average Bonchev–Trinajstić information content (AvgIpc) is 1.62. The van der Waals surface area contributed by atoms with Crippen molar-refractivity contribution in [2.75, 3.05) is 0 Å². The minimum atomic E-state index is -0.762. The lowest BCUT2D eigenvalue weighted by Gasteiger charge is -2.21. The second kappa shape index (κ2) is 2.47.